The van der Waals surface area contributed by atoms with E-state index < -0.39 is 15.9 Å². The van der Waals surface area contributed by atoms with E-state index in [2.05, 4.69) is 0 Å². The zero-order chi connectivity index (χ0) is 17.7. The maximum absolute atomic E-state index is 12.3. The zero-order valence-corrected chi connectivity index (χ0v) is 14.1. The fourth-order valence-electron chi connectivity index (χ4n) is 1.99. The third-order valence-corrected chi connectivity index (χ3v) is 4.53. The average molecular weight is 347 g/mol. The first-order valence-electron chi connectivity index (χ1n) is 7.24. The minimum absolute atomic E-state index is 0.144. The summed E-state index contributed by atoms with van der Waals surface area (Å²) in [5.41, 5.74) is 0.441. The van der Waals surface area contributed by atoms with Crippen molar-refractivity contribution in [2.24, 2.45) is 0 Å². The quantitative estimate of drug-likeness (QED) is 0.811. The van der Waals surface area contributed by atoms with Gasteiger partial charge in [0.15, 0.2) is 5.78 Å². The Bertz CT molecular complexity index is 857. The largest absolute Gasteiger partial charge is 0.494 e. The first-order valence-corrected chi connectivity index (χ1v) is 8.73. The van der Waals surface area contributed by atoms with Crippen molar-refractivity contribution in [3.05, 3.63) is 59.7 Å². The molecule has 1 N–H and O–H groups in total. The van der Waals surface area contributed by atoms with E-state index in [1.165, 1.54) is 43.3 Å². The van der Waals surface area contributed by atoms with E-state index in [0.717, 1.165) is 0 Å². The predicted molar refractivity (Wildman–Crippen MR) is 88.7 cm³/mol. The molecule has 0 bridgehead atoms. The molecule has 0 saturated heterocycles. The second-order valence-corrected chi connectivity index (χ2v) is 6.66. The molecule has 0 spiro atoms. The Morgan fingerprint density at radius 3 is 2.29 bits per heavy atom. The van der Waals surface area contributed by atoms with Crippen LogP contribution in [0.5, 0.6) is 5.75 Å². The first kappa shape index (κ1) is 17.7. The second-order valence-electron chi connectivity index (χ2n) is 4.98. The number of benzene rings is 2. The van der Waals surface area contributed by atoms with Gasteiger partial charge in [-0.3, -0.25) is 9.59 Å². The van der Waals surface area contributed by atoms with Gasteiger partial charge in [0.2, 0.25) is 0 Å². The van der Waals surface area contributed by atoms with Gasteiger partial charge in [-0.2, -0.15) is 0 Å². The summed E-state index contributed by atoms with van der Waals surface area (Å²) < 4.78 is 31.8. The van der Waals surface area contributed by atoms with Crippen LogP contribution >= 0.6 is 0 Å². The lowest BCUT2D eigenvalue weighted by Gasteiger charge is -2.08. The number of Topliss-reactive ketones (excluding diaryl/α,β-unsaturated/α-hetero) is 1. The van der Waals surface area contributed by atoms with Crippen molar-refractivity contribution in [3.63, 3.8) is 0 Å². The van der Waals surface area contributed by atoms with Crippen molar-refractivity contribution < 1.29 is 22.7 Å². The van der Waals surface area contributed by atoms with Gasteiger partial charge >= 0.3 is 0 Å². The molecule has 0 aliphatic rings. The third-order valence-electron chi connectivity index (χ3n) is 3.21. The van der Waals surface area contributed by atoms with E-state index in [1.807, 2.05) is 11.6 Å². The fourth-order valence-corrected chi connectivity index (χ4v) is 3.01. The highest BCUT2D eigenvalue weighted by Crippen LogP contribution is 2.15. The van der Waals surface area contributed by atoms with Crippen LogP contribution in [0.1, 0.15) is 34.6 Å². The number of ether oxygens (including phenoxy) is 1. The van der Waals surface area contributed by atoms with E-state index in [9.17, 15) is 18.0 Å². The molecule has 24 heavy (non-hydrogen) atoms. The molecule has 2 rings (SSSR count). The zero-order valence-electron chi connectivity index (χ0n) is 13.3. The van der Waals surface area contributed by atoms with Gasteiger partial charge < -0.3 is 4.74 Å². The molecule has 0 saturated carbocycles. The second kappa shape index (κ2) is 7.27. The Morgan fingerprint density at radius 2 is 1.71 bits per heavy atom. The summed E-state index contributed by atoms with van der Waals surface area (Å²) in [5.74, 6) is -0.428. The van der Waals surface area contributed by atoms with Crippen molar-refractivity contribution >= 4 is 21.7 Å². The van der Waals surface area contributed by atoms with Gasteiger partial charge in [0.05, 0.1) is 11.5 Å². The molecule has 2 aromatic carbocycles. The summed E-state index contributed by atoms with van der Waals surface area (Å²) >= 11 is 0. The molecule has 0 radical (unpaired) electrons. The van der Waals surface area contributed by atoms with Gasteiger partial charge in [0.25, 0.3) is 15.9 Å². The Morgan fingerprint density at radius 1 is 1.04 bits per heavy atom. The lowest BCUT2D eigenvalue weighted by Crippen LogP contribution is -2.30. The van der Waals surface area contributed by atoms with Crippen molar-refractivity contribution in [2.45, 2.75) is 18.7 Å². The van der Waals surface area contributed by atoms with Gasteiger partial charge in [-0.1, -0.05) is 12.1 Å². The van der Waals surface area contributed by atoms with Crippen molar-refractivity contribution in [3.8, 4) is 5.75 Å². The van der Waals surface area contributed by atoms with Crippen LogP contribution in [0.15, 0.2) is 53.4 Å². The number of carbonyl (C=O) groups is 2. The van der Waals surface area contributed by atoms with Crippen LogP contribution < -0.4 is 9.46 Å². The molecular formula is C17H17NO5S. The number of carbonyl (C=O) groups excluding carboxylic acids is 2. The highest BCUT2D eigenvalue weighted by atomic mass is 32.2. The Kier molecular flexibility index (Phi) is 5.35. The van der Waals surface area contributed by atoms with Crippen LogP contribution in [-0.4, -0.2) is 26.7 Å². The number of ketones is 1. The SMILES string of the molecule is CCOc1ccc(C(=O)NS(=O)(=O)c2cccc(C(C)=O)c2)cc1. The molecule has 0 heterocycles. The van der Waals surface area contributed by atoms with Crippen molar-refractivity contribution in [2.75, 3.05) is 6.61 Å². The predicted octanol–water partition coefficient (Wildman–Crippen LogP) is 2.41. The Hall–Kier alpha value is -2.67. The molecule has 1 amide bonds. The Labute approximate surface area is 140 Å². The lowest BCUT2D eigenvalue weighted by molar-refractivity contribution is 0.0979. The minimum atomic E-state index is -4.07. The van der Waals surface area contributed by atoms with E-state index in [-0.39, 0.29) is 21.8 Å². The van der Waals surface area contributed by atoms with Crippen molar-refractivity contribution in [1.29, 1.82) is 0 Å². The monoisotopic (exact) mass is 347 g/mol. The number of nitrogens with one attached hydrogen (secondary N) is 1. The average Bonchev–Trinajstić information content (AvgIpc) is 2.55. The minimum Gasteiger partial charge on any atom is -0.494 e. The van der Waals surface area contributed by atoms with Gasteiger partial charge in [0.1, 0.15) is 5.75 Å². The van der Waals surface area contributed by atoms with Crippen molar-refractivity contribution in [1.82, 2.24) is 4.72 Å². The maximum Gasteiger partial charge on any atom is 0.265 e. The molecule has 0 aliphatic carbocycles. The van der Waals surface area contributed by atoms with Crippen LogP contribution in [0, 0.1) is 0 Å². The maximum atomic E-state index is 12.3. The molecule has 0 unspecified atom stereocenters. The van der Waals surface area contributed by atoms with Crippen LogP contribution in [-0.2, 0) is 10.0 Å². The van der Waals surface area contributed by atoms with Gasteiger partial charge in [-0.25, -0.2) is 13.1 Å². The van der Waals surface area contributed by atoms with Gasteiger partial charge in [-0.05, 0) is 50.2 Å². The van der Waals surface area contributed by atoms with Gasteiger partial charge in [-0.15, -0.1) is 0 Å². The number of rotatable bonds is 6. The smallest absolute Gasteiger partial charge is 0.265 e. The molecule has 2 aromatic rings. The van der Waals surface area contributed by atoms with Crippen LogP contribution in [0.4, 0.5) is 0 Å². The number of amides is 1. The summed E-state index contributed by atoms with van der Waals surface area (Å²) in [5, 5.41) is 0. The van der Waals surface area contributed by atoms with E-state index in [1.54, 1.807) is 12.1 Å². The molecule has 0 atom stereocenters. The normalized spacial score (nSPS) is 10.9. The van der Waals surface area contributed by atoms with Crippen LogP contribution in [0.25, 0.3) is 0 Å². The topological polar surface area (TPSA) is 89.5 Å². The molecular weight excluding hydrogens is 330 g/mol. The summed E-state index contributed by atoms with van der Waals surface area (Å²) in [7, 11) is -4.07. The molecule has 0 aliphatic heterocycles. The summed E-state index contributed by atoms with van der Waals surface area (Å²) in [4.78, 5) is 23.3. The van der Waals surface area contributed by atoms with E-state index in [4.69, 9.17) is 4.74 Å². The van der Waals surface area contributed by atoms with Crippen LogP contribution in [0.3, 0.4) is 0 Å². The standard InChI is InChI=1S/C17H17NO5S/c1-3-23-15-9-7-13(8-10-15)17(20)18-24(21,22)16-6-4-5-14(11-16)12(2)19/h4-11H,3H2,1-2H3,(H,18,20). The number of hydrogen-bond donors (Lipinski definition) is 1. The molecule has 6 nitrogen and oxygen atoms in total. The lowest BCUT2D eigenvalue weighted by atomic mass is 10.2. The van der Waals surface area contributed by atoms with Gasteiger partial charge in [0, 0.05) is 11.1 Å². The summed E-state index contributed by atoms with van der Waals surface area (Å²) in [6.07, 6.45) is 0. The molecule has 0 aromatic heterocycles. The first-order chi connectivity index (χ1) is 11.3. The fraction of sp³-hybridized carbons (Fsp3) is 0.176. The van der Waals surface area contributed by atoms with E-state index >= 15 is 0 Å². The number of sulfonamides is 1. The molecule has 126 valence electrons. The highest BCUT2D eigenvalue weighted by Gasteiger charge is 2.19. The molecule has 0 fully saturated rings. The Balaban J connectivity index is 2.20. The highest BCUT2D eigenvalue weighted by molar-refractivity contribution is 7.90. The summed E-state index contributed by atoms with van der Waals surface area (Å²) in [6.45, 7) is 3.67. The van der Waals surface area contributed by atoms with Crippen LogP contribution in [0.2, 0.25) is 0 Å². The summed E-state index contributed by atoms with van der Waals surface area (Å²) in [6, 6.07) is 11.6. The number of hydrogen-bond acceptors (Lipinski definition) is 5. The molecule has 7 heteroatoms. The van der Waals surface area contributed by atoms with E-state index in [0.29, 0.717) is 12.4 Å². The third kappa shape index (κ3) is 4.20.